The van der Waals surface area contributed by atoms with Crippen LogP contribution in [-0.2, 0) is 6.54 Å². The molecule has 0 fully saturated rings. The molecule has 84 valence electrons. The number of halogens is 2. The summed E-state index contributed by atoms with van der Waals surface area (Å²) in [6.07, 6.45) is 0. The van der Waals surface area contributed by atoms with E-state index in [1.54, 1.807) is 29.8 Å². The zero-order chi connectivity index (χ0) is 11.7. The van der Waals surface area contributed by atoms with E-state index in [2.05, 4.69) is 10.1 Å². The standard InChI is InChI=1S/C10H10Cl2N4/c1-6-14-10(5-13)16(15-6)9-3-2-7(11)4-8(9)12/h2-4H,5,13H2,1H3. The summed E-state index contributed by atoms with van der Waals surface area (Å²) < 4.78 is 1.63. The Kier molecular flexibility index (Phi) is 3.14. The minimum atomic E-state index is 0.305. The van der Waals surface area contributed by atoms with Gasteiger partial charge >= 0.3 is 0 Å². The topological polar surface area (TPSA) is 56.7 Å². The summed E-state index contributed by atoms with van der Waals surface area (Å²) in [6.45, 7) is 2.11. The van der Waals surface area contributed by atoms with Gasteiger partial charge in [-0.25, -0.2) is 9.67 Å². The Labute approximate surface area is 103 Å². The van der Waals surface area contributed by atoms with Crippen molar-refractivity contribution in [3.63, 3.8) is 0 Å². The van der Waals surface area contributed by atoms with Crippen molar-refractivity contribution in [1.29, 1.82) is 0 Å². The molecule has 0 spiro atoms. The van der Waals surface area contributed by atoms with Crippen LogP contribution in [0, 0.1) is 6.92 Å². The van der Waals surface area contributed by atoms with E-state index < -0.39 is 0 Å². The van der Waals surface area contributed by atoms with Crippen molar-refractivity contribution >= 4 is 23.2 Å². The van der Waals surface area contributed by atoms with Gasteiger partial charge in [-0.15, -0.1) is 0 Å². The average Bonchev–Trinajstić information content (AvgIpc) is 2.59. The van der Waals surface area contributed by atoms with Crippen molar-refractivity contribution in [2.45, 2.75) is 13.5 Å². The molecule has 0 bridgehead atoms. The summed E-state index contributed by atoms with van der Waals surface area (Å²) in [5.74, 6) is 1.33. The molecule has 6 heteroatoms. The van der Waals surface area contributed by atoms with Gasteiger partial charge in [-0.3, -0.25) is 0 Å². The highest BCUT2D eigenvalue weighted by atomic mass is 35.5. The van der Waals surface area contributed by atoms with Gasteiger partial charge in [0.05, 0.1) is 17.3 Å². The lowest BCUT2D eigenvalue weighted by Crippen LogP contribution is -2.08. The monoisotopic (exact) mass is 256 g/mol. The third-order valence-electron chi connectivity index (χ3n) is 2.10. The highest BCUT2D eigenvalue weighted by Crippen LogP contribution is 2.24. The Morgan fingerprint density at radius 1 is 1.38 bits per heavy atom. The van der Waals surface area contributed by atoms with Gasteiger partial charge in [0, 0.05) is 5.02 Å². The van der Waals surface area contributed by atoms with Crippen molar-refractivity contribution in [2.24, 2.45) is 5.73 Å². The third kappa shape index (κ3) is 2.04. The third-order valence-corrected chi connectivity index (χ3v) is 2.64. The molecule has 0 amide bonds. The molecule has 0 saturated carbocycles. The molecule has 0 aliphatic rings. The van der Waals surface area contributed by atoms with Gasteiger partial charge < -0.3 is 5.73 Å². The van der Waals surface area contributed by atoms with Gasteiger partial charge in [-0.2, -0.15) is 5.10 Å². The maximum absolute atomic E-state index is 6.09. The Hall–Kier alpha value is -1.10. The highest BCUT2D eigenvalue weighted by molar-refractivity contribution is 6.35. The number of aromatic nitrogens is 3. The second-order valence-electron chi connectivity index (χ2n) is 3.29. The quantitative estimate of drug-likeness (QED) is 0.898. The maximum atomic E-state index is 6.09. The van der Waals surface area contributed by atoms with Gasteiger partial charge in [0.25, 0.3) is 0 Å². The Balaban J connectivity index is 2.57. The van der Waals surface area contributed by atoms with Crippen LogP contribution >= 0.6 is 23.2 Å². The first-order valence-corrected chi connectivity index (χ1v) is 5.45. The van der Waals surface area contributed by atoms with E-state index in [0.717, 1.165) is 5.69 Å². The smallest absolute Gasteiger partial charge is 0.148 e. The normalized spacial score (nSPS) is 10.8. The molecule has 0 unspecified atom stereocenters. The van der Waals surface area contributed by atoms with Crippen LogP contribution in [0.3, 0.4) is 0 Å². The zero-order valence-corrected chi connectivity index (χ0v) is 10.1. The molecule has 2 N–H and O–H groups in total. The molecule has 0 aliphatic heterocycles. The van der Waals surface area contributed by atoms with Crippen LogP contribution in [0.2, 0.25) is 10.0 Å². The minimum absolute atomic E-state index is 0.305. The number of hydrogen-bond acceptors (Lipinski definition) is 3. The summed E-state index contributed by atoms with van der Waals surface area (Å²) >= 11 is 11.9. The second kappa shape index (κ2) is 4.41. The number of benzene rings is 1. The minimum Gasteiger partial charge on any atom is -0.324 e. The largest absolute Gasteiger partial charge is 0.324 e. The van der Waals surface area contributed by atoms with Crippen molar-refractivity contribution < 1.29 is 0 Å². The molecule has 16 heavy (non-hydrogen) atoms. The van der Waals surface area contributed by atoms with E-state index in [1.807, 2.05) is 0 Å². The first-order chi connectivity index (χ1) is 7.61. The molecule has 1 aromatic heterocycles. The summed E-state index contributed by atoms with van der Waals surface area (Å²) in [5, 5.41) is 5.34. The van der Waals surface area contributed by atoms with Crippen LogP contribution in [0.15, 0.2) is 18.2 Å². The number of nitrogens with two attached hydrogens (primary N) is 1. The van der Waals surface area contributed by atoms with Crippen LogP contribution < -0.4 is 5.73 Å². The first-order valence-electron chi connectivity index (χ1n) is 4.70. The summed E-state index contributed by atoms with van der Waals surface area (Å²) in [5.41, 5.74) is 6.32. The van der Waals surface area contributed by atoms with Crippen LogP contribution in [0.4, 0.5) is 0 Å². The number of nitrogens with zero attached hydrogens (tertiary/aromatic N) is 3. The fraction of sp³-hybridized carbons (Fsp3) is 0.200. The van der Waals surface area contributed by atoms with Gasteiger partial charge in [0.2, 0.25) is 0 Å². The molecular weight excluding hydrogens is 247 g/mol. The summed E-state index contributed by atoms with van der Waals surface area (Å²) in [7, 11) is 0. The summed E-state index contributed by atoms with van der Waals surface area (Å²) in [6, 6.07) is 5.20. The number of rotatable bonds is 2. The van der Waals surface area contributed by atoms with Gasteiger partial charge in [0.1, 0.15) is 11.6 Å². The first kappa shape index (κ1) is 11.4. The number of hydrogen-bond donors (Lipinski definition) is 1. The van der Waals surface area contributed by atoms with Crippen molar-refractivity contribution in [3.8, 4) is 5.69 Å². The van der Waals surface area contributed by atoms with E-state index in [0.29, 0.717) is 28.2 Å². The second-order valence-corrected chi connectivity index (χ2v) is 4.13. The van der Waals surface area contributed by atoms with Gasteiger partial charge in [-0.1, -0.05) is 23.2 Å². The van der Waals surface area contributed by atoms with Gasteiger partial charge in [0.15, 0.2) is 0 Å². The van der Waals surface area contributed by atoms with Crippen molar-refractivity contribution in [1.82, 2.24) is 14.8 Å². The molecule has 0 radical (unpaired) electrons. The van der Waals surface area contributed by atoms with E-state index in [9.17, 15) is 0 Å². The fourth-order valence-electron chi connectivity index (χ4n) is 1.44. The molecule has 4 nitrogen and oxygen atoms in total. The van der Waals surface area contributed by atoms with Crippen molar-refractivity contribution in [2.75, 3.05) is 0 Å². The van der Waals surface area contributed by atoms with Crippen LogP contribution in [0.5, 0.6) is 0 Å². The van der Waals surface area contributed by atoms with Crippen LogP contribution in [0.25, 0.3) is 5.69 Å². The molecule has 0 atom stereocenters. The lowest BCUT2D eigenvalue weighted by molar-refractivity contribution is 0.786. The molecule has 2 rings (SSSR count). The molecule has 0 saturated heterocycles. The summed E-state index contributed by atoms with van der Waals surface area (Å²) in [4.78, 5) is 4.20. The Morgan fingerprint density at radius 3 is 2.75 bits per heavy atom. The predicted octanol–water partition coefficient (Wildman–Crippen LogP) is 2.34. The van der Waals surface area contributed by atoms with Gasteiger partial charge in [-0.05, 0) is 25.1 Å². The Morgan fingerprint density at radius 2 is 2.12 bits per heavy atom. The predicted molar refractivity (Wildman–Crippen MR) is 64.0 cm³/mol. The Bertz CT molecular complexity index is 522. The average molecular weight is 257 g/mol. The molecular formula is C10H10Cl2N4. The zero-order valence-electron chi connectivity index (χ0n) is 8.61. The van der Waals surface area contributed by atoms with E-state index in [1.165, 1.54) is 0 Å². The van der Waals surface area contributed by atoms with Crippen molar-refractivity contribution in [3.05, 3.63) is 39.9 Å². The SMILES string of the molecule is Cc1nc(CN)n(-c2ccc(Cl)cc2Cl)n1. The lowest BCUT2D eigenvalue weighted by Gasteiger charge is -2.06. The van der Waals surface area contributed by atoms with Crippen LogP contribution in [0.1, 0.15) is 11.6 Å². The lowest BCUT2D eigenvalue weighted by atomic mass is 10.3. The molecule has 2 aromatic rings. The highest BCUT2D eigenvalue weighted by Gasteiger charge is 2.10. The fourth-order valence-corrected chi connectivity index (χ4v) is 1.93. The number of aryl methyl sites for hydroxylation is 1. The maximum Gasteiger partial charge on any atom is 0.148 e. The molecule has 1 aromatic carbocycles. The van der Waals surface area contributed by atoms with E-state index >= 15 is 0 Å². The van der Waals surface area contributed by atoms with E-state index in [-0.39, 0.29) is 0 Å². The molecule has 1 heterocycles. The van der Waals surface area contributed by atoms with Crippen LogP contribution in [-0.4, -0.2) is 14.8 Å². The molecule has 0 aliphatic carbocycles. The van der Waals surface area contributed by atoms with E-state index in [4.69, 9.17) is 28.9 Å².